The zero-order chi connectivity index (χ0) is 13.9. The molecule has 0 bridgehead atoms. The summed E-state index contributed by atoms with van der Waals surface area (Å²) in [5.74, 6) is 0.888. The van der Waals surface area contributed by atoms with E-state index in [0.29, 0.717) is 23.5 Å². The number of rotatable bonds is 3. The van der Waals surface area contributed by atoms with Crippen molar-refractivity contribution in [1.29, 1.82) is 0 Å². The first-order valence-electron chi connectivity index (χ1n) is 6.73. The average molecular weight is 276 g/mol. The summed E-state index contributed by atoms with van der Waals surface area (Å²) in [5, 5.41) is 10.4. The molecule has 3 rings (SSSR count). The van der Waals surface area contributed by atoms with E-state index in [-0.39, 0.29) is 5.82 Å². The molecular formula is C13H17FN6. The highest BCUT2D eigenvalue weighted by molar-refractivity contribution is 5.50. The second-order valence-electron chi connectivity index (χ2n) is 4.90. The van der Waals surface area contributed by atoms with E-state index < -0.39 is 0 Å². The van der Waals surface area contributed by atoms with Gasteiger partial charge in [0.2, 0.25) is 5.95 Å². The zero-order valence-corrected chi connectivity index (χ0v) is 11.3. The number of anilines is 1. The summed E-state index contributed by atoms with van der Waals surface area (Å²) in [6.07, 6.45) is 3.33. The van der Waals surface area contributed by atoms with Crippen molar-refractivity contribution in [2.24, 2.45) is 0 Å². The zero-order valence-electron chi connectivity index (χ0n) is 11.3. The van der Waals surface area contributed by atoms with Crippen LogP contribution in [0.3, 0.4) is 0 Å². The monoisotopic (exact) mass is 276 g/mol. The fourth-order valence-corrected chi connectivity index (χ4v) is 2.39. The van der Waals surface area contributed by atoms with Crippen molar-refractivity contribution in [3.8, 4) is 11.5 Å². The highest BCUT2D eigenvalue weighted by Gasteiger charge is 2.21. The molecule has 1 aliphatic rings. The van der Waals surface area contributed by atoms with Gasteiger partial charge in [-0.25, -0.2) is 9.37 Å². The maximum atomic E-state index is 12.8. The summed E-state index contributed by atoms with van der Waals surface area (Å²) in [5.41, 5.74) is 0.593. The van der Waals surface area contributed by atoms with Crippen LogP contribution in [-0.4, -0.2) is 46.3 Å². The number of aromatic nitrogens is 4. The van der Waals surface area contributed by atoms with Gasteiger partial charge in [-0.1, -0.05) is 0 Å². The largest absolute Gasteiger partial charge is 0.339 e. The van der Waals surface area contributed by atoms with Crippen LogP contribution in [0, 0.1) is 5.82 Å². The lowest BCUT2D eigenvalue weighted by molar-refractivity contribution is 0.439. The maximum Gasteiger partial charge on any atom is 0.245 e. The molecule has 2 N–H and O–H groups in total. The molecular weight excluding hydrogens is 259 g/mol. The molecule has 1 aliphatic heterocycles. The summed E-state index contributed by atoms with van der Waals surface area (Å²) in [6.45, 7) is 1.86. The van der Waals surface area contributed by atoms with Gasteiger partial charge in [0, 0.05) is 19.1 Å². The van der Waals surface area contributed by atoms with Crippen LogP contribution in [0.15, 0.2) is 18.3 Å². The first kappa shape index (κ1) is 13.0. The van der Waals surface area contributed by atoms with Gasteiger partial charge >= 0.3 is 0 Å². The quantitative estimate of drug-likeness (QED) is 0.881. The van der Waals surface area contributed by atoms with Crippen LogP contribution in [0.25, 0.3) is 11.5 Å². The summed E-state index contributed by atoms with van der Waals surface area (Å²) < 4.78 is 12.8. The molecule has 3 heterocycles. The Kier molecular flexibility index (Phi) is 3.60. The number of piperidine rings is 1. The van der Waals surface area contributed by atoms with Crippen molar-refractivity contribution in [3.63, 3.8) is 0 Å². The van der Waals surface area contributed by atoms with Crippen molar-refractivity contribution in [2.45, 2.75) is 18.9 Å². The van der Waals surface area contributed by atoms with Gasteiger partial charge in [0.25, 0.3) is 0 Å². The van der Waals surface area contributed by atoms with E-state index in [9.17, 15) is 4.39 Å². The molecule has 7 heteroatoms. The van der Waals surface area contributed by atoms with Crippen LogP contribution >= 0.6 is 0 Å². The number of aromatic amines is 1. The summed E-state index contributed by atoms with van der Waals surface area (Å²) in [7, 11) is 1.99. The Bertz CT molecular complexity index is 558. The van der Waals surface area contributed by atoms with Gasteiger partial charge in [-0.2, -0.15) is 4.98 Å². The third-order valence-electron chi connectivity index (χ3n) is 3.63. The van der Waals surface area contributed by atoms with Crippen molar-refractivity contribution >= 4 is 5.95 Å². The predicted octanol–water partition coefficient (Wildman–Crippen LogP) is 1.19. The van der Waals surface area contributed by atoms with E-state index in [1.54, 1.807) is 6.07 Å². The van der Waals surface area contributed by atoms with E-state index in [1.807, 2.05) is 7.05 Å². The fraction of sp³-hybridized carbons (Fsp3) is 0.462. The Morgan fingerprint density at radius 1 is 1.35 bits per heavy atom. The van der Waals surface area contributed by atoms with Crippen LogP contribution in [0.1, 0.15) is 12.8 Å². The molecule has 0 unspecified atom stereocenters. The van der Waals surface area contributed by atoms with Crippen LogP contribution in [0.2, 0.25) is 0 Å². The summed E-state index contributed by atoms with van der Waals surface area (Å²) in [6, 6.07) is 3.53. The summed E-state index contributed by atoms with van der Waals surface area (Å²) >= 11 is 0. The Hall–Kier alpha value is -2.02. The minimum atomic E-state index is -0.359. The molecule has 0 amide bonds. The van der Waals surface area contributed by atoms with E-state index >= 15 is 0 Å². The fourth-order valence-electron chi connectivity index (χ4n) is 2.39. The molecule has 0 radical (unpaired) electrons. The molecule has 0 atom stereocenters. The van der Waals surface area contributed by atoms with Gasteiger partial charge in [-0.05, 0) is 32.0 Å². The van der Waals surface area contributed by atoms with Crippen molar-refractivity contribution in [1.82, 2.24) is 25.5 Å². The molecule has 0 saturated carbocycles. The Balaban J connectivity index is 1.72. The topological polar surface area (TPSA) is 69.7 Å². The number of halogens is 1. The van der Waals surface area contributed by atoms with Crippen molar-refractivity contribution in [2.75, 3.05) is 25.0 Å². The second-order valence-corrected chi connectivity index (χ2v) is 4.90. The smallest absolute Gasteiger partial charge is 0.245 e. The molecule has 1 fully saturated rings. The van der Waals surface area contributed by atoms with Crippen molar-refractivity contribution in [3.05, 3.63) is 24.1 Å². The number of pyridine rings is 1. The number of hydrogen-bond donors (Lipinski definition) is 2. The number of nitrogens with zero attached hydrogens (tertiary/aromatic N) is 4. The highest BCUT2D eigenvalue weighted by atomic mass is 19.1. The third-order valence-corrected chi connectivity index (χ3v) is 3.63. The van der Waals surface area contributed by atoms with E-state index in [2.05, 4.69) is 30.4 Å². The Morgan fingerprint density at radius 2 is 2.15 bits per heavy atom. The molecule has 0 aromatic carbocycles. The second kappa shape index (κ2) is 5.54. The van der Waals surface area contributed by atoms with Crippen LogP contribution in [0.5, 0.6) is 0 Å². The molecule has 1 saturated heterocycles. The summed E-state index contributed by atoms with van der Waals surface area (Å²) in [4.78, 5) is 10.6. The molecule has 2 aromatic rings. The Morgan fingerprint density at radius 3 is 2.80 bits per heavy atom. The molecule has 0 aliphatic carbocycles. The predicted molar refractivity (Wildman–Crippen MR) is 73.9 cm³/mol. The third kappa shape index (κ3) is 2.62. The molecule has 20 heavy (non-hydrogen) atoms. The van der Waals surface area contributed by atoms with Gasteiger partial charge < -0.3 is 10.2 Å². The van der Waals surface area contributed by atoms with Crippen LogP contribution < -0.4 is 10.2 Å². The molecule has 2 aromatic heterocycles. The Labute approximate surface area is 116 Å². The highest BCUT2D eigenvalue weighted by Crippen LogP contribution is 2.19. The first-order chi connectivity index (χ1) is 9.76. The van der Waals surface area contributed by atoms with Gasteiger partial charge in [0.1, 0.15) is 11.5 Å². The number of hydrogen-bond acceptors (Lipinski definition) is 5. The maximum absolute atomic E-state index is 12.8. The van der Waals surface area contributed by atoms with E-state index in [4.69, 9.17) is 0 Å². The minimum Gasteiger partial charge on any atom is -0.339 e. The lowest BCUT2D eigenvalue weighted by Crippen LogP contribution is -2.41. The lowest BCUT2D eigenvalue weighted by atomic mass is 10.1. The first-order valence-corrected chi connectivity index (χ1v) is 6.73. The molecule has 106 valence electrons. The van der Waals surface area contributed by atoms with Gasteiger partial charge in [0.05, 0.1) is 6.20 Å². The van der Waals surface area contributed by atoms with Crippen LogP contribution in [-0.2, 0) is 0 Å². The lowest BCUT2D eigenvalue weighted by Gasteiger charge is -2.30. The number of nitrogens with one attached hydrogen (secondary N) is 2. The van der Waals surface area contributed by atoms with E-state index in [0.717, 1.165) is 25.9 Å². The molecule has 6 nitrogen and oxygen atoms in total. The van der Waals surface area contributed by atoms with Gasteiger partial charge in [-0.15, -0.1) is 5.10 Å². The minimum absolute atomic E-state index is 0.359. The van der Waals surface area contributed by atoms with Crippen molar-refractivity contribution < 1.29 is 4.39 Å². The number of H-pyrrole nitrogens is 1. The van der Waals surface area contributed by atoms with E-state index in [1.165, 1.54) is 12.3 Å². The molecule has 0 spiro atoms. The van der Waals surface area contributed by atoms with Gasteiger partial charge in [-0.3, -0.25) is 5.10 Å². The van der Waals surface area contributed by atoms with Crippen LogP contribution in [0.4, 0.5) is 10.3 Å². The average Bonchev–Trinajstić information content (AvgIpc) is 2.98. The normalized spacial score (nSPS) is 16.6. The van der Waals surface area contributed by atoms with Gasteiger partial charge in [0.15, 0.2) is 5.82 Å². The SMILES string of the molecule is CNC1CCN(c2n[nH]c(-c3ccc(F)cn3)n2)CC1. The standard InChI is InChI=1S/C13H17FN6/c1-15-10-4-6-20(7-5-10)13-17-12(18-19-13)11-3-2-9(14)8-16-11/h2-3,8,10,15H,4-7H2,1H3,(H,17,18,19).